The van der Waals surface area contributed by atoms with Crippen molar-refractivity contribution in [2.45, 2.75) is 70.5 Å². The Labute approximate surface area is 222 Å². The third-order valence-electron chi connectivity index (χ3n) is 7.89. The number of carbonyl (C=O) groups is 2. The fraction of sp³-hybridized carbons (Fsp3) is 0.571. The molecule has 10 heteroatoms. The van der Waals surface area contributed by atoms with Crippen LogP contribution in [0.4, 0.5) is 14.5 Å². The largest absolute Gasteiger partial charge is 0.333 e. The van der Waals surface area contributed by atoms with Crippen LogP contribution in [-0.2, 0) is 22.7 Å². The summed E-state index contributed by atoms with van der Waals surface area (Å²) >= 11 is 0. The number of nitrogens with zero attached hydrogens (tertiary/aromatic N) is 5. The normalized spacial score (nSPS) is 23.1. The Hall–Kier alpha value is -2.98. The van der Waals surface area contributed by atoms with E-state index in [1.807, 2.05) is 43.0 Å². The van der Waals surface area contributed by atoms with E-state index in [4.69, 9.17) is 0 Å². The lowest BCUT2D eigenvalue weighted by molar-refractivity contribution is -0.120. The Kier molecular flexibility index (Phi) is 6.98. The maximum atomic E-state index is 14.7. The molecule has 3 aliphatic rings. The van der Waals surface area contributed by atoms with E-state index < -0.39 is 17.0 Å². The highest BCUT2D eigenvalue weighted by molar-refractivity contribution is 5.98. The van der Waals surface area contributed by atoms with Crippen molar-refractivity contribution in [3.05, 3.63) is 52.8 Å². The molecule has 1 fully saturated rings. The number of anilines is 1. The molecule has 0 spiro atoms. The zero-order valence-electron chi connectivity index (χ0n) is 22.5. The summed E-state index contributed by atoms with van der Waals surface area (Å²) in [4.78, 5) is 32.3. The number of hydrogen-bond donors (Lipinski definition) is 1. The average molecular weight is 527 g/mol. The van der Waals surface area contributed by atoms with Gasteiger partial charge in [0.1, 0.15) is 5.69 Å². The van der Waals surface area contributed by atoms with E-state index in [2.05, 4.69) is 27.3 Å². The number of nitrogens with one attached hydrogen (secondary N) is 1. The number of halogens is 2. The first kappa shape index (κ1) is 26.6. The molecule has 1 N–H and O–H groups in total. The first-order valence-corrected chi connectivity index (χ1v) is 13.4. The van der Waals surface area contributed by atoms with Gasteiger partial charge in [0, 0.05) is 62.2 Å². The molecule has 8 nitrogen and oxygen atoms in total. The van der Waals surface area contributed by atoms with Crippen LogP contribution in [0.5, 0.6) is 0 Å². The smallest absolute Gasteiger partial charge is 0.291 e. The molecular formula is C28H36F2N6O2. The lowest BCUT2D eigenvalue weighted by atomic mass is 9.91. The van der Waals surface area contributed by atoms with E-state index in [0.29, 0.717) is 50.5 Å². The van der Waals surface area contributed by atoms with E-state index in [9.17, 15) is 18.4 Å². The van der Waals surface area contributed by atoms with Gasteiger partial charge in [0.25, 0.3) is 11.8 Å². The Morgan fingerprint density at radius 2 is 2.00 bits per heavy atom. The highest BCUT2D eigenvalue weighted by Crippen LogP contribution is 2.42. The van der Waals surface area contributed by atoms with Crippen LogP contribution >= 0.6 is 0 Å². The topological polar surface area (TPSA) is 81.7 Å². The Balaban J connectivity index is 1.35. The van der Waals surface area contributed by atoms with Gasteiger partial charge in [-0.2, -0.15) is 13.9 Å². The van der Waals surface area contributed by atoms with Gasteiger partial charge < -0.3 is 15.1 Å². The van der Waals surface area contributed by atoms with Crippen LogP contribution in [0.3, 0.4) is 0 Å². The van der Waals surface area contributed by atoms with Gasteiger partial charge in [-0.25, -0.2) is 0 Å². The second-order valence-corrected chi connectivity index (χ2v) is 11.5. The third-order valence-corrected chi connectivity index (χ3v) is 7.89. The molecule has 1 aromatic heterocycles. The minimum atomic E-state index is -3.10. The summed E-state index contributed by atoms with van der Waals surface area (Å²) in [5.41, 5.74) is 1.85. The van der Waals surface area contributed by atoms with Gasteiger partial charge in [-0.1, -0.05) is 45.4 Å². The number of hydrogen-bond acceptors (Lipinski definition) is 6. The van der Waals surface area contributed by atoms with E-state index in [1.165, 1.54) is 6.07 Å². The van der Waals surface area contributed by atoms with Gasteiger partial charge in [0.2, 0.25) is 5.91 Å². The molecule has 3 aliphatic heterocycles. The molecule has 0 bridgehead atoms. The molecule has 0 radical (unpaired) electrons. The number of alkyl halides is 2. The lowest BCUT2D eigenvalue weighted by Gasteiger charge is -2.41. The number of rotatable bonds is 7. The lowest BCUT2D eigenvalue weighted by Crippen LogP contribution is -2.60. The first-order chi connectivity index (χ1) is 18.0. The van der Waals surface area contributed by atoms with Crippen molar-refractivity contribution < 1.29 is 18.4 Å². The number of piperazine rings is 1. The van der Waals surface area contributed by atoms with E-state index in [0.717, 1.165) is 11.1 Å². The van der Waals surface area contributed by atoms with Crippen LogP contribution < -0.4 is 10.2 Å². The molecule has 1 unspecified atom stereocenters. The quantitative estimate of drug-likeness (QED) is 0.596. The minimum Gasteiger partial charge on any atom is -0.333 e. The van der Waals surface area contributed by atoms with Crippen molar-refractivity contribution in [2.75, 3.05) is 37.6 Å². The highest BCUT2D eigenvalue weighted by Gasteiger charge is 2.43. The van der Waals surface area contributed by atoms with Crippen LogP contribution in [-0.4, -0.2) is 76.6 Å². The molecule has 2 atom stereocenters. The monoisotopic (exact) mass is 526 g/mol. The molecule has 2 amide bonds. The van der Waals surface area contributed by atoms with E-state index in [1.54, 1.807) is 11.8 Å². The number of aromatic nitrogens is 2. The summed E-state index contributed by atoms with van der Waals surface area (Å²) < 4.78 is 29.4. The standard InChI is InChI=1S/C28H36F2N6O2/c1-5-10-28(29,30)23-11-22-25(33-32-23)27(3,4)17-36(22)24(37)16-34-13-18(2)31-12-20(34)15-35-14-19-8-6-7-9-21(19)26(35)38/h6-9,11,18,20,31H,5,10,12-17H2,1-4H3/t18?,20-/m1/s1. The van der Waals surface area contributed by atoms with Crippen LogP contribution in [0.2, 0.25) is 0 Å². The van der Waals surface area contributed by atoms with Crippen molar-refractivity contribution >= 4 is 17.5 Å². The van der Waals surface area contributed by atoms with Gasteiger partial charge >= 0.3 is 0 Å². The maximum absolute atomic E-state index is 14.7. The van der Waals surface area contributed by atoms with E-state index >= 15 is 0 Å². The minimum absolute atomic E-state index is 0.0137. The SMILES string of the molecule is CCCC(F)(F)c1cc2c(nn1)C(C)(C)CN2C(=O)CN1CC(C)NC[C@@H]1CN1Cc2ccccc2C1=O. The van der Waals surface area contributed by atoms with Gasteiger partial charge in [0.15, 0.2) is 0 Å². The molecule has 0 aliphatic carbocycles. The molecule has 2 aromatic rings. The number of carbonyl (C=O) groups excluding carboxylic acids is 2. The second-order valence-electron chi connectivity index (χ2n) is 11.5. The number of amides is 2. The van der Waals surface area contributed by atoms with Crippen LogP contribution in [0, 0.1) is 0 Å². The van der Waals surface area contributed by atoms with Gasteiger partial charge in [-0.3, -0.25) is 14.5 Å². The summed E-state index contributed by atoms with van der Waals surface area (Å²) in [6.07, 6.45) is -0.00961. The fourth-order valence-corrected chi connectivity index (χ4v) is 5.85. The number of fused-ring (bicyclic) bond motifs is 2. The Morgan fingerprint density at radius 1 is 1.24 bits per heavy atom. The Bertz CT molecular complexity index is 1240. The van der Waals surface area contributed by atoms with Crippen molar-refractivity contribution in [3.63, 3.8) is 0 Å². The van der Waals surface area contributed by atoms with Crippen molar-refractivity contribution in [1.82, 2.24) is 25.3 Å². The molecule has 4 heterocycles. The first-order valence-electron chi connectivity index (χ1n) is 13.4. The van der Waals surface area contributed by atoms with Gasteiger partial charge in [-0.15, -0.1) is 5.10 Å². The average Bonchev–Trinajstić information content (AvgIpc) is 3.33. The zero-order chi connectivity index (χ0) is 27.2. The molecule has 0 saturated carbocycles. The molecule has 1 aromatic carbocycles. The second kappa shape index (κ2) is 9.96. The van der Waals surface area contributed by atoms with E-state index in [-0.39, 0.29) is 36.9 Å². The molecule has 5 rings (SSSR count). The summed E-state index contributed by atoms with van der Waals surface area (Å²) in [6, 6.07) is 9.12. The summed E-state index contributed by atoms with van der Waals surface area (Å²) in [7, 11) is 0. The molecular weight excluding hydrogens is 490 g/mol. The molecule has 204 valence electrons. The molecule has 1 saturated heterocycles. The fourth-order valence-electron chi connectivity index (χ4n) is 5.85. The van der Waals surface area contributed by atoms with Gasteiger partial charge in [0.05, 0.1) is 17.9 Å². The van der Waals surface area contributed by atoms with Crippen molar-refractivity contribution in [1.29, 1.82) is 0 Å². The summed E-state index contributed by atoms with van der Waals surface area (Å²) in [5.74, 6) is -3.25. The van der Waals surface area contributed by atoms with Crippen molar-refractivity contribution in [2.24, 2.45) is 0 Å². The third kappa shape index (κ3) is 4.91. The predicted molar refractivity (Wildman–Crippen MR) is 140 cm³/mol. The van der Waals surface area contributed by atoms with Crippen LogP contribution in [0.15, 0.2) is 30.3 Å². The van der Waals surface area contributed by atoms with Crippen LogP contribution in [0.25, 0.3) is 0 Å². The zero-order valence-corrected chi connectivity index (χ0v) is 22.5. The van der Waals surface area contributed by atoms with Gasteiger partial charge in [-0.05, 0) is 24.6 Å². The number of benzene rings is 1. The predicted octanol–water partition coefficient (Wildman–Crippen LogP) is 3.31. The summed E-state index contributed by atoms with van der Waals surface area (Å²) in [6.45, 7) is 10.5. The maximum Gasteiger partial charge on any atom is 0.291 e. The highest BCUT2D eigenvalue weighted by atomic mass is 19.3. The summed E-state index contributed by atoms with van der Waals surface area (Å²) in [5, 5.41) is 11.5. The Morgan fingerprint density at radius 3 is 2.74 bits per heavy atom. The van der Waals surface area contributed by atoms with Crippen LogP contribution in [0.1, 0.15) is 67.8 Å². The molecule has 38 heavy (non-hydrogen) atoms. The van der Waals surface area contributed by atoms with Crippen molar-refractivity contribution in [3.8, 4) is 0 Å².